The first kappa shape index (κ1) is 47.3. The molecule has 0 bridgehead atoms. The first-order valence-electron chi connectivity index (χ1n) is 12.1. The Bertz CT molecular complexity index is 1140. The van der Waals surface area contributed by atoms with Crippen molar-refractivity contribution >= 4 is 8.25 Å². The quantitative estimate of drug-likeness (QED) is 0.136. The molecule has 1 aliphatic rings. The molecule has 2 N–H and O–H groups in total. The number of hydrogen-bond donors (Lipinski definition) is 2. The Morgan fingerprint density at radius 3 is 1.18 bits per heavy atom. The van der Waals surface area contributed by atoms with E-state index in [9.17, 15) is 105 Å². The van der Waals surface area contributed by atoms with E-state index in [0.717, 1.165) is 0 Å². The molecule has 294 valence electrons. The number of piperidine rings is 1. The molecule has 1 saturated heterocycles. The van der Waals surface area contributed by atoms with Gasteiger partial charge in [-0.15, -0.1) is 9.79 Å². The monoisotopic (exact) mass is 808 g/mol. The van der Waals surface area contributed by atoms with Gasteiger partial charge >= 0.3 is 80.3 Å². The summed E-state index contributed by atoms with van der Waals surface area (Å²) in [6.07, 6.45) is -17.7. The minimum Gasteiger partial charge on any atom is -0.292 e. The van der Waals surface area contributed by atoms with Crippen LogP contribution in [0.4, 0.5) is 105 Å². The Hall–Kier alpha value is -1.70. The van der Waals surface area contributed by atoms with E-state index in [-0.39, 0.29) is 6.92 Å². The van der Waals surface area contributed by atoms with Gasteiger partial charge < -0.3 is 0 Å². The molecule has 0 aromatic rings. The summed E-state index contributed by atoms with van der Waals surface area (Å²) >= 11 is 0. The largest absolute Gasteiger partial charge is 0.692 e. The molecule has 29 heteroatoms. The molecule has 0 aromatic carbocycles. The lowest BCUT2D eigenvalue weighted by molar-refractivity contribution is -0.417. The van der Waals surface area contributed by atoms with Crippen LogP contribution in [-0.4, -0.2) is 105 Å². The summed E-state index contributed by atoms with van der Waals surface area (Å²) in [7, 11) is -2.87. The van der Waals surface area contributed by atoms with Gasteiger partial charge in [-0.3, -0.25) is 4.90 Å². The maximum absolute atomic E-state index is 14.5. The predicted molar refractivity (Wildman–Crippen MR) is 112 cm³/mol. The zero-order valence-corrected chi connectivity index (χ0v) is 24.1. The summed E-state index contributed by atoms with van der Waals surface area (Å²) in [5, 5.41) is 0. The predicted octanol–water partition coefficient (Wildman–Crippen LogP) is 9.13. The minimum absolute atomic E-state index is 0.00782. The molecule has 49 heavy (non-hydrogen) atoms. The molecule has 4 nitrogen and oxygen atoms in total. The molecule has 0 radical (unpaired) electrons. The number of hydrogen-bond acceptors (Lipinski definition) is 2. The summed E-state index contributed by atoms with van der Waals surface area (Å²) in [6, 6.07) is 0. The Balaban J connectivity index is 0.00000543. The van der Waals surface area contributed by atoms with Gasteiger partial charge in [0.1, 0.15) is 0 Å². The van der Waals surface area contributed by atoms with Crippen molar-refractivity contribution < 1.29 is 120 Å². The molecule has 0 spiro atoms. The molecule has 1 atom stereocenters. The average molecular weight is 808 g/mol. The van der Waals surface area contributed by atoms with E-state index < -0.39 is 130 Å². The fourth-order valence-corrected chi connectivity index (χ4v) is 4.18. The van der Waals surface area contributed by atoms with Crippen molar-refractivity contribution in [2.45, 2.75) is 110 Å². The summed E-state index contributed by atoms with van der Waals surface area (Å²) in [5.41, 5.74) is -3.47. The maximum Gasteiger partial charge on any atom is 0.692 e. The van der Waals surface area contributed by atoms with Gasteiger partial charge in [-0.1, -0.05) is 6.42 Å². The summed E-state index contributed by atoms with van der Waals surface area (Å²) < 4.78 is 333. The van der Waals surface area contributed by atoms with E-state index in [2.05, 4.69) is 0 Å². The van der Waals surface area contributed by atoms with Crippen molar-refractivity contribution in [3.63, 3.8) is 0 Å². The topological polar surface area (TPSA) is 60.8 Å². The second-order valence-corrected chi connectivity index (χ2v) is 11.0. The molecule has 1 rings (SSSR count). The van der Waals surface area contributed by atoms with Crippen LogP contribution in [0.5, 0.6) is 0 Å². The third-order valence-electron chi connectivity index (χ3n) is 7.03. The molecule has 1 unspecified atom stereocenters. The number of rotatable bonds is 14. The van der Waals surface area contributed by atoms with Crippen LogP contribution in [0.25, 0.3) is 0 Å². The van der Waals surface area contributed by atoms with E-state index in [1.165, 1.54) is 0 Å². The van der Waals surface area contributed by atoms with Crippen LogP contribution < -0.4 is 0 Å². The van der Waals surface area contributed by atoms with Crippen LogP contribution in [0.15, 0.2) is 0 Å². The highest BCUT2D eigenvalue weighted by atomic mass is 31.1. The Labute approximate surface area is 257 Å². The number of halogens is 24. The Morgan fingerprint density at radius 2 is 0.878 bits per heavy atom. The van der Waals surface area contributed by atoms with Crippen LogP contribution >= 0.6 is 8.25 Å². The van der Waals surface area contributed by atoms with Crippen LogP contribution in [0.1, 0.15) is 32.6 Å². The highest BCUT2D eigenvalue weighted by molar-refractivity contribution is 7.30. The van der Waals surface area contributed by atoms with Gasteiger partial charge in [-0.25, -0.2) is 17.6 Å². The molecule has 0 aliphatic carbocycles. The third kappa shape index (κ3) is 7.89. The zero-order chi connectivity index (χ0) is 40.1. The van der Waals surface area contributed by atoms with Crippen molar-refractivity contribution in [3.05, 3.63) is 0 Å². The number of likely N-dealkylation sites (tertiary alicyclic amines) is 1. The zero-order valence-electron chi connectivity index (χ0n) is 23.2. The first-order valence-corrected chi connectivity index (χ1v) is 13.2. The lowest BCUT2D eigenvalue weighted by Crippen LogP contribution is -2.71. The van der Waals surface area contributed by atoms with E-state index in [0.29, 0.717) is 0 Å². The molecular formula is C20H19F24NO3P+. The summed E-state index contributed by atoms with van der Waals surface area (Å²) in [5.74, 6) is -76.4. The lowest BCUT2D eigenvalue weighted by atomic mass is 9.79. The fraction of sp³-hybridized carbons (Fsp3) is 1.00. The molecule has 0 saturated carbocycles. The van der Waals surface area contributed by atoms with Gasteiger partial charge in [0, 0.05) is 16.5 Å². The summed E-state index contributed by atoms with van der Waals surface area (Å²) in [4.78, 5) is 13.6. The normalized spacial score (nSPS) is 20.4. The van der Waals surface area contributed by atoms with Crippen molar-refractivity contribution in [1.29, 1.82) is 0 Å². The van der Waals surface area contributed by atoms with Crippen molar-refractivity contribution in [2.24, 2.45) is 0 Å². The smallest absolute Gasteiger partial charge is 0.292 e. The Kier molecular flexibility index (Phi) is 13.5. The van der Waals surface area contributed by atoms with Crippen LogP contribution in [0, 0.1) is 0 Å². The molecular weight excluding hydrogens is 789 g/mol. The van der Waals surface area contributed by atoms with Crippen LogP contribution in [0.3, 0.4) is 0 Å². The lowest BCUT2D eigenvalue weighted by Gasteiger charge is -2.50. The average Bonchev–Trinajstić information content (AvgIpc) is 2.88. The highest BCUT2D eigenvalue weighted by Gasteiger charge is 2.89. The van der Waals surface area contributed by atoms with Crippen LogP contribution in [-0.2, 0) is 4.57 Å². The minimum atomic E-state index is -8.10. The SMILES string of the molecule is CC1(CC(F)(F)C(F)(F)C(F)(F)C(F)(F)C(F)(F)C(F)F)CCCCN1CC(F)(F)C(F)(F)C(F)(F)C(F)(F)C(F)(F)C(F)F.O=[P+](O)O. The molecule has 1 heterocycles. The van der Waals surface area contributed by atoms with Crippen molar-refractivity contribution in [3.8, 4) is 0 Å². The molecule has 0 amide bonds. The molecule has 0 aromatic heterocycles. The Morgan fingerprint density at radius 1 is 0.571 bits per heavy atom. The second-order valence-electron chi connectivity index (χ2n) is 10.5. The van der Waals surface area contributed by atoms with Gasteiger partial charge in [0.25, 0.3) is 0 Å². The van der Waals surface area contributed by atoms with E-state index >= 15 is 0 Å². The highest BCUT2D eigenvalue weighted by Crippen LogP contribution is 2.61. The van der Waals surface area contributed by atoms with Crippen molar-refractivity contribution in [2.75, 3.05) is 13.1 Å². The molecule has 1 aliphatic heterocycles. The first-order chi connectivity index (χ1) is 21.1. The van der Waals surface area contributed by atoms with Crippen LogP contribution in [0.2, 0.25) is 0 Å². The van der Waals surface area contributed by atoms with Gasteiger partial charge in [-0.05, 0) is 26.3 Å². The standard InChI is InChI=1S/C20H17F24N.HO3P/c1-10(6-11(25,26)15(33,34)19(41,42)17(37,38)13(29,30)8(21)22)4-2-3-5-45(10)7-12(27,28)16(35,36)20(43,44)18(39,40)14(31,32)9(23)24;1-4(2)3/h8-9H,2-7H2,1H3;(H-,1,2,3)/p+1. The fourth-order valence-electron chi connectivity index (χ4n) is 4.18. The van der Waals surface area contributed by atoms with Gasteiger partial charge in [0.15, 0.2) is 0 Å². The maximum atomic E-state index is 14.5. The van der Waals surface area contributed by atoms with E-state index in [4.69, 9.17) is 14.4 Å². The van der Waals surface area contributed by atoms with Gasteiger partial charge in [0.05, 0.1) is 6.54 Å². The third-order valence-corrected chi connectivity index (χ3v) is 7.03. The summed E-state index contributed by atoms with van der Waals surface area (Å²) in [6.45, 7) is -4.73. The van der Waals surface area contributed by atoms with E-state index in [1.54, 1.807) is 0 Å². The van der Waals surface area contributed by atoms with Gasteiger partial charge in [-0.2, -0.15) is 87.8 Å². The number of nitrogens with zero attached hydrogens (tertiary/aromatic N) is 1. The van der Waals surface area contributed by atoms with E-state index in [1.807, 2.05) is 0 Å². The van der Waals surface area contributed by atoms with Crippen molar-refractivity contribution in [1.82, 2.24) is 4.90 Å². The molecule has 1 fully saturated rings. The van der Waals surface area contributed by atoms with Gasteiger partial charge in [0.2, 0.25) is 0 Å². The number of alkyl halides is 24. The second kappa shape index (κ2) is 14.0.